The predicted octanol–water partition coefficient (Wildman–Crippen LogP) is 4.39. The Kier molecular flexibility index (Phi) is 5.37. The molecule has 3 atom stereocenters. The second-order valence-corrected chi connectivity index (χ2v) is 9.56. The molecule has 1 saturated heterocycles. The average Bonchev–Trinajstić information content (AvgIpc) is 3.17. The Hall–Kier alpha value is -2.21. The third-order valence-electron chi connectivity index (χ3n) is 7.39. The molecule has 2 N–H and O–H groups in total. The van der Waals surface area contributed by atoms with Crippen LogP contribution in [0.25, 0.3) is 10.9 Å². The Morgan fingerprint density at radius 2 is 2.16 bits per heavy atom. The van der Waals surface area contributed by atoms with Crippen molar-refractivity contribution in [2.24, 2.45) is 5.73 Å². The molecule has 4 heterocycles. The quantitative estimate of drug-likeness (QED) is 0.622. The Bertz CT molecular complexity index is 1150. The summed E-state index contributed by atoms with van der Waals surface area (Å²) in [6.07, 6.45) is 7.61. The van der Waals surface area contributed by atoms with Crippen LogP contribution >= 0.6 is 11.6 Å². The van der Waals surface area contributed by atoms with Gasteiger partial charge in [-0.1, -0.05) is 11.6 Å². The molecule has 5 rings (SSSR count). The van der Waals surface area contributed by atoms with E-state index < -0.39 is 0 Å². The lowest BCUT2D eigenvalue weighted by molar-refractivity contribution is -0.118. The SMILES string of the molecule is Cc1cnccc1C(CC(=O)CN)Cn1c2c(c3cc(Cl)ccc31)C1CCC(C2)N1C. The van der Waals surface area contributed by atoms with Crippen LogP contribution in [0.4, 0.5) is 0 Å². The lowest BCUT2D eigenvalue weighted by atomic mass is 9.91. The standard InChI is InChI=1S/C25H29ClN4O/c1-15-13-28-8-7-20(15)16(9-19(31)12-27)14-30-22-5-3-17(26)10-21(22)25-23-6-4-18(29(23)2)11-24(25)30/h3,5,7-8,10,13,16,18,23H,4,6,9,11-12,14,27H2,1-2H3. The molecule has 1 fully saturated rings. The number of hydrogen-bond acceptors (Lipinski definition) is 4. The number of rotatable bonds is 6. The molecule has 31 heavy (non-hydrogen) atoms. The first-order valence-corrected chi connectivity index (χ1v) is 11.5. The van der Waals surface area contributed by atoms with Crippen LogP contribution in [-0.4, -0.2) is 39.9 Å². The molecule has 0 aliphatic carbocycles. The zero-order valence-corrected chi connectivity index (χ0v) is 18.9. The summed E-state index contributed by atoms with van der Waals surface area (Å²) in [5, 5.41) is 2.03. The van der Waals surface area contributed by atoms with Crippen LogP contribution in [0, 0.1) is 6.92 Å². The van der Waals surface area contributed by atoms with Crippen molar-refractivity contribution in [2.75, 3.05) is 13.6 Å². The molecule has 6 heteroatoms. The normalized spacial score (nSPS) is 21.4. The molecule has 3 unspecified atom stereocenters. The lowest BCUT2D eigenvalue weighted by Crippen LogP contribution is -2.35. The summed E-state index contributed by atoms with van der Waals surface area (Å²) >= 11 is 6.43. The summed E-state index contributed by atoms with van der Waals surface area (Å²) in [6, 6.07) is 9.33. The van der Waals surface area contributed by atoms with Crippen LogP contribution in [0.5, 0.6) is 0 Å². The molecule has 2 aliphatic rings. The summed E-state index contributed by atoms with van der Waals surface area (Å²) in [6.45, 7) is 2.91. The van der Waals surface area contributed by atoms with Gasteiger partial charge in [-0.25, -0.2) is 0 Å². The van der Waals surface area contributed by atoms with E-state index >= 15 is 0 Å². The predicted molar refractivity (Wildman–Crippen MR) is 125 cm³/mol. The zero-order chi connectivity index (χ0) is 21.7. The van der Waals surface area contributed by atoms with Crippen molar-refractivity contribution in [3.63, 3.8) is 0 Å². The van der Waals surface area contributed by atoms with Crippen LogP contribution in [0.1, 0.15) is 53.6 Å². The fraction of sp³-hybridized carbons (Fsp3) is 0.440. The molecule has 5 nitrogen and oxygen atoms in total. The molecule has 0 saturated carbocycles. The van der Waals surface area contributed by atoms with Gasteiger partial charge in [-0.3, -0.25) is 14.7 Å². The molecule has 1 aromatic carbocycles. The molecular weight excluding hydrogens is 408 g/mol. The molecule has 0 amide bonds. The number of likely N-dealkylation sites (N-methyl/N-ethyl adjacent to an activating group) is 1. The number of halogens is 1. The van der Waals surface area contributed by atoms with Gasteiger partial charge in [0.25, 0.3) is 0 Å². The number of aromatic nitrogens is 2. The highest BCUT2D eigenvalue weighted by molar-refractivity contribution is 6.31. The van der Waals surface area contributed by atoms with Crippen molar-refractivity contribution in [2.45, 2.75) is 57.2 Å². The minimum absolute atomic E-state index is 0.0618. The summed E-state index contributed by atoms with van der Waals surface area (Å²) in [5.74, 6) is 0.154. The molecule has 0 radical (unpaired) electrons. The number of hydrogen-bond donors (Lipinski definition) is 1. The van der Waals surface area contributed by atoms with Gasteiger partial charge in [-0.05, 0) is 67.8 Å². The van der Waals surface area contributed by atoms with Crippen molar-refractivity contribution in [1.82, 2.24) is 14.5 Å². The fourth-order valence-corrected chi connectivity index (χ4v) is 6.00. The Labute approximate surface area is 188 Å². The van der Waals surface area contributed by atoms with E-state index in [0.29, 0.717) is 18.5 Å². The highest BCUT2D eigenvalue weighted by Crippen LogP contribution is 2.47. The second-order valence-electron chi connectivity index (χ2n) is 9.13. The van der Waals surface area contributed by atoms with Gasteiger partial charge in [0.1, 0.15) is 5.78 Å². The summed E-state index contributed by atoms with van der Waals surface area (Å²) in [7, 11) is 2.25. The number of aryl methyl sites for hydroxylation is 1. The number of carbonyl (C=O) groups excluding carboxylic acids is 1. The maximum atomic E-state index is 12.4. The van der Waals surface area contributed by atoms with E-state index in [1.165, 1.54) is 40.6 Å². The third-order valence-corrected chi connectivity index (χ3v) is 7.62. The maximum Gasteiger partial charge on any atom is 0.147 e. The Balaban J connectivity index is 1.65. The first-order valence-electron chi connectivity index (χ1n) is 11.1. The minimum Gasteiger partial charge on any atom is -0.344 e. The first kappa shape index (κ1) is 20.7. The van der Waals surface area contributed by atoms with E-state index in [4.69, 9.17) is 17.3 Å². The zero-order valence-electron chi connectivity index (χ0n) is 18.1. The van der Waals surface area contributed by atoms with Crippen molar-refractivity contribution >= 4 is 28.3 Å². The number of ketones is 1. The largest absolute Gasteiger partial charge is 0.344 e. The minimum atomic E-state index is 0.0618. The van der Waals surface area contributed by atoms with Crippen molar-refractivity contribution in [3.05, 3.63) is 64.1 Å². The number of carbonyl (C=O) groups is 1. The molecule has 0 spiro atoms. The van der Waals surface area contributed by atoms with E-state index in [1.54, 1.807) is 0 Å². The van der Waals surface area contributed by atoms with Gasteiger partial charge in [0.15, 0.2) is 0 Å². The van der Waals surface area contributed by atoms with Crippen molar-refractivity contribution in [1.29, 1.82) is 0 Å². The summed E-state index contributed by atoms with van der Waals surface area (Å²) in [5.41, 5.74) is 12.1. The van der Waals surface area contributed by atoms with Gasteiger partial charge in [-0.15, -0.1) is 0 Å². The maximum absolute atomic E-state index is 12.4. The molecule has 3 aromatic rings. The number of fused-ring (bicyclic) bond motifs is 6. The second kappa shape index (κ2) is 8.05. The van der Waals surface area contributed by atoms with Gasteiger partial charge in [0, 0.05) is 71.4 Å². The Morgan fingerprint density at radius 1 is 1.32 bits per heavy atom. The van der Waals surface area contributed by atoms with Gasteiger partial charge >= 0.3 is 0 Å². The van der Waals surface area contributed by atoms with E-state index in [2.05, 4.69) is 46.6 Å². The molecular formula is C25H29ClN4O. The Morgan fingerprint density at radius 3 is 2.94 bits per heavy atom. The summed E-state index contributed by atoms with van der Waals surface area (Å²) in [4.78, 5) is 19.2. The smallest absolute Gasteiger partial charge is 0.147 e. The number of Topliss-reactive ketones (excluding diaryl/α,β-unsaturated/α-hetero) is 1. The van der Waals surface area contributed by atoms with E-state index in [-0.39, 0.29) is 18.2 Å². The van der Waals surface area contributed by atoms with E-state index in [0.717, 1.165) is 23.6 Å². The number of benzene rings is 1. The van der Waals surface area contributed by atoms with Crippen molar-refractivity contribution < 1.29 is 4.79 Å². The molecule has 162 valence electrons. The van der Waals surface area contributed by atoms with Crippen LogP contribution in [0.3, 0.4) is 0 Å². The monoisotopic (exact) mass is 436 g/mol. The van der Waals surface area contributed by atoms with E-state index in [1.807, 2.05) is 18.5 Å². The van der Waals surface area contributed by atoms with Crippen molar-refractivity contribution in [3.8, 4) is 0 Å². The van der Waals surface area contributed by atoms with Crippen LogP contribution in [0.2, 0.25) is 5.02 Å². The third kappa shape index (κ3) is 3.49. The van der Waals surface area contributed by atoms with Gasteiger partial charge in [0.05, 0.1) is 6.54 Å². The average molecular weight is 437 g/mol. The summed E-state index contributed by atoms with van der Waals surface area (Å²) < 4.78 is 2.47. The molecule has 2 bridgehead atoms. The van der Waals surface area contributed by atoms with Crippen LogP contribution in [0.15, 0.2) is 36.7 Å². The van der Waals surface area contributed by atoms with E-state index in [9.17, 15) is 4.79 Å². The highest BCUT2D eigenvalue weighted by atomic mass is 35.5. The number of nitrogens with two attached hydrogens (primary N) is 1. The van der Waals surface area contributed by atoms with Gasteiger partial charge < -0.3 is 10.3 Å². The fourth-order valence-electron chi connectivity index (χ4n) is 5.83. The first-order chi connectivity index (χ1) is 15.0. The molecule has 2 aromatic heterocycles. The molecule has 2 aliphatic heterocycles. The topological polar surface area (TPSA) is 64.2 Å². The highest BCUT2D eigenvalue weighted by Gasteiger charge is 2.41. The van der Waals surface area contributed by atoms with Gasteiger partial charge in [-0.2, -0.15) is 0 Å². The van der Waals surface area contributed by atoms with Gasteiger partial charge in [0.2, 0.25) is 0 Å². The van der Waals surface area contributed by atoms with Crippen LogP contribution < -0.4 is 5.73 Å². The number of nitrogens with zero attached hydrogens (tertiary/aromatic N) is 3. The lowest BCUT2D eigenvalue weighted by Gasteiger charge is -2.33. The number of pyridine rings is 1. The van der Waals surface area contributed by atoms with Crippen LogP contribution in [-0.2, 0) is 17.8 Å².